The lowest BCUT2D eigenvalue weighted by atomic mass is 10.1. The van der Waals surface area contributed by atoms with Gasteiger partial charge >= 0.3 is 0 Å². The van der Waals surface area contributed by atoms with Gasteiger partial charge in [-0.05, 0) is 31.0 Å². The van der Waals surface area contributed by atoms with Gasteiger partial charge in [-0.15, -0.1) is 0 Å². The number of hydrogen-bond donors (Lipinski definition) is 1. The molecule has 0 radical (unpaired) electrons. The van der Waals surface area contributed by atoms with E-state index in [1.165, 1.54) is 18.2 Å². The highest BCUT2D eigenvalue weighted by Gasteiger charge is 2.25. The zero-order valence-electron chi connectivity index (χ0n) is 10.4. The van der Waals surface area contributed by atoms with E-state index in [1.807, 2.05) is 0 Å². The lowest BCUT2D eigenvalue weighted by Gasteiger charge is -2.31. The maximum atomic E-state index is 13.6. The van der Waals surface area contributed by atoms with Crippen LogP contribution in [-0.4, -0.2) is 37.1 Å². The van der Waals surface area contributed by atoms with Gasteiger partial charge in [-0.2, -0.15) is 0 Å². The smallest absolute Gasteiger partial charge is 0.256 e. The minimum absolute atomic E-state index is 0.0471. The van der Waals surface area contributed by atoms with Gasteiger partial charge in [0, 0.05) is 25.9 Å². The number of nitrogen functional groups attached to an aromatic ring is 1. The van der Waals surface area contributed by atoms with E-state index < -0.39 is 5.82 Å². The predicted octanol–water partition coefficient (Wildman–Crippen LogP) is 1.66. The maximum Gasteiger partial charge on any atom is 0.256 e. The summed E-state index contributed by atoms with van der Waals surface area (Å²) in [6.45, 7) is 1.18. The molecule has 0 aromatic heterocycles. The van der Waals surface area contributed by atoms with Crippen LogP contribution in [0.5, 0.6) is 0 Å². The standard InChI is InChI=1S/C13H17FN2O2/c1-18-10-4-6-16(7-5-10)13(17)11-8-9(15)2-3-12(11)14/h2-3,8,10H,4-7,15H2,1H3. The lowest BCUT2D eigenvalue weighted by Crippen LogP contribution is -2.40. The number of amides is 1. The Morgan fingerprint density at radius 3 is 2.72 bits per heavy atom. The Labute approximate surface area is 106 Å². The van der Waals surface area contributed by atoms with Crippen molar-refractivity contribution in [1.29, 1.82) is 0 Å². The molecule has 0 saturated carbocycles. The molecule has 1 saturated heterocycles. The van der Waals surface area contributed by atoms with E-state index in [9.17, 15) is 9.18 Å². The number of piperidine rings is 1. The molecule has 18 heavy (non-hydrogen) atoms. The van der Waals surface area contributed by atoms with Gasteiger partial charge in [0.15, 0.2) is 0 Å². The number of carbonyl (C=O) groups excluding carboxylic acids is 1. The Hall–Kier alpha value is -1.62. The monoisotopic (exact) mass is 252 g/mol. The SMILES string of the molecule is COC1CCN(C(=O)c2cc(N)ccc2F)CC1. The van der Waals surface area contributed by atoms with E-state index in [-0.39, 0.29) is 17.6 Å². The molecule has 1 aromatic carbocycles. The van der Waals surface area contributed by atoms with Crippen molar-refractivity contribution < 1.29 is 13.9 Å². The van der Waals surface area contributed by atoms with Crippen molar-refractivity contribution in [3.8, 4) is 0 Å². The maximum absolute atomic E-state index is 13.6. The van der Waals surface area contributed by atoms with E-state index in [0.29, 0.717) is 18.8 Å². The topological polar surface area (TPSA) is 55.6 Å². The molecular formula is C13H17FN2O2. The molecule has 0 aliphatic carbocycles. The Bertz CT molecular complexity index is 443. The van der Waals surface area contributed by atoms with E-state index in [2.05, 4.69) is 0 Å². The molecule has 1 heterocycles. The predicted molar refractivity (Wildman–Crippen MR) is 66.7 cm³/mol. The second kappa shape index (κ2) is 5.35. The highest BCUT2D eigenvalue weighted by molar-refractivity contribution is 5.95. The normalized spacial score (nSPS) is 16.9. The molecule has 4 nitrogen and oxygen atoms in total. The van der Waals surface area contributed by atoms with Crippen LogP contribution in [0.15, 0.2) is 18.2 Å². The van der Waals surface area contributed by atoms with Gasteiger partial charge in [-0.3, -0.25) is 4.79 Å². The van der Waals surface area contributed by atoms with Crippen molar-refractivity contribution >= 4 is 11.6 Å². The second-order valence-corrected chi connectivity index (χ2v) is 4.47. The number of halogens is 1. The Balaban J connectivity index is 2.10. The summed E-state index contributed by atoms with van der Waals surface area (Å²) in [4.78, 5) is 13.8. The van der Waals surface area contributed by atoms with Crippen LogP contribution in [0.4, 0.5) is 10.1 Å². The molecule has 1 fully saturated rings. The first-order chi connectivity index (χ1) is 8.61. The molecule has 5 heteroatoms. The van der Waals surface area contributed by atoms with Crippen LogP contribution in [0.2, 0.25) is 0 Å². The van der Waals surface area contributed by atoms with Crippen LogP contribution < -0.4 is 5.73 Å². The Morgan fingerprint density at radius 2 is 2.11 bits per heavy atom. The second-order valence-electron chi connectivity index (χ2n) is 4.47. The summed E-state index contributed by atoms with van der Waals surface area (Å²) in [5.74, 6) is -0.822. The first-order valence-corrected chi connectivity index (χ1v) is 5.99. The lowest BCUT2D eigenvalue weighted by molar-refractivity contribution is 0.0348. The average Bonchev–Trinajstić information content (AvgIpc) is 2.41. The highest BCUT2D eigenvalue weighted by Crippen LogP contribution is 2.19. The van der Waals surface area contributed by atoms with Gasteiger partial charge in [-0.25, -0.2) is 4.39 Å². The van der Waals surface area contributed by atoms with Gasteiger partial charge in [0.2, 0.25) is 0 Å². The minimum Gasteiger partial charge on any atom is -0.399 e. The molecule has 1 amide bonds. The summed E-state index contributed by atoms with van der Waals surface area (Å²) in [6, 6.07) is 4.06. The number of rotatable bonds is 2. The van der Waals surface area contributed by atoms with Gasteiger partial charge in [0.05, 0.1) is 11.7 Å². The molecule has 0 spiro atoms. The molecular weight excluding hydrogens is 235 g/mol. The summed E-state index contributed by atoms with van der Waals surface area (Å²) in [5.41, 5.74) is 6.02. The number of anilines is 1. The van der Waals surface area contributed by atoms with Gasteiger partial charge in [0.25, 0.3) is 5.91 Å². The van der Waals surface area contributed by atoms with Gasteiger partial charge in [-0.1, -0.05) is 0 Å². The third-order valence-electron chi connectivity index (χ3n) is 3.28. The van der Waals surface area contributed by atoms with Crippen molar-refractivity contribution in [3.63, 3.8) is 0 Å². The first kappa shape index (κ1) is 12.8. The van der Waals surface area contributed by atoms with Crippen molar-refractivity contribution in [3.05, 3.63) is 29.6 Å². The molecule has 0 atom stereocenters. The number of nitrogens with zero attached hydrogens (tertiary/aromatic N) is 1. The number of benzene rings is 1. The summed E-state index contributed by atoms with van der Waals surface area (Å²) in [7, 11) is 1.67. The number of ether oxygens (including phenoxy) is 1. The number of nitrogens with two attached hydrogens (primary N) is 1. The van der Waals surface area contributed by atoms with Crippen molar-refractivity contribution in [1.82, 2.24) is 4.90 Å². The zero-order chi connectivity index (χ0) is 13.1. The van der Waals surface area contributed by atoms with Gasteiger partial charge < -0.3 is 15.4 Å². The zero-order valence-corrected chi connectivity index (χ0v) is 10.4. The molecule has 2 rings (SSSR count). The van der Waals surface area contributed by atoms with E-state index in [4.69, 9.17) is 10.5 Å². The summed E-state index contributed by atoms with van der Waals surface area (Å²) in [5, 5.41) is 0. The van der Waals surface area contributed by atoms with Crippen LogP contribution in [0.1, 0.15) is 23.2 Å². The molecule has 0 unspecified atom stereocenters. The number of likely N-dealkylation sites (tertiary alicyclic amines) is 1. The third kappa shape index (κ3) is 2.61. The Kier molecular flexibility index (Phi) is 3.81. The highest BCUT2D eigenvalue weighted by atomic mass is 19.1. The van der Waals surface area contributed by atoms with E-state index in [1.54, 1.807) is 12.0 Å². The fourth-order valence-corrected chi connectivity index (χ4v) is 2.17. The molecule has 1 aliphatic heterocycles. The molecule has 1 aliphatic rings. The molecule has 98 valence electrons. The summed E-state index contributed by atoms with van der Waals surface area (Å²) in [6.07, 6.45) is 1.76. The van der Waals surface area contributed by atoms with Crippen molar-refractivity contribution in [2.45, 2.75) is 18.9 Å². The number of carbonyl (C=O) groups is 1. The van der Waals surface area contributed by atoms with Crippen molar-refractivity contribution in [2.24, 2.45) is 0 Å². The molecule has 2 N–H and O–H groups in total. The van der Waals surface area contributed by atoms with Crippen molar-refractivity contribution in [2.75, 3.05) is 25.9 Å². The minimum atomic E-state index is -0.525. The first-order valence-electron chi connectivity index (χ1n) is 5.99. The van der Waals surface area contributed by atoms with Crippen LogP contribution in [0, 0.1) is 5.82 Å². The van der Waals surface area contributed by atoms with E-state index >= 15 is 0 Å². The van der Waals surface area contributed by atoms with Crippen LogP contribution >= 0.6 is 0 Å². The number of methoxy groups -OCH3 is 1. The van der Waals surface area contributed by atoms with Crippen LogP contribution in [-0.2, 0) is 4.74 Å². The van der Waals surface area contributed by atoms with Gasteiger partial charge in [0.1, 0.15) is 5.82 Å². The fraction of sp³-hybridized carbons (Fsp3) is 0.462. The summed E-state index contributed by atoms with van der Waals surface area (Å²) < 4.78 is 18.8. The molecule has 1 aromatic rings. The summed E-state index contributed by atoms with van der Waals surface area (Å²) >= 11 is 0. The van der Waals surface area contributed by atoms with Crippen LogP contribution in [0.25, 0.3) is 0 Å². The van der Waals surface area contributed by atoms with E-state index in [0.717, 1.165) is 12.8 Å². The quantitative estimate of drug-likeness (QED) is 0.814. The van der Waals surface area contributed by atoms with Crippen LogP contribution in [0.3, 0.4) is 0 Å². The Morgan fingerprint density at radius 1 is 1.44 bits per heavy atom. The fourth-order valence-electron chi connectivity index (χ4n) is 2.17. The number of hydrogen-bond acceptors (Lipinski definition) is 3. The molecule has 0 bridgehead atoms. The third-order valence-corrected chi connectivity index (χ3v) is 3.28. The largest absolute Gasteiger partial charge is 0.399 e. The average molecular weight is 252 g/mol.